The SMILES string of the molecule is [CH2]CCC=Nc1nc(N(CC)CC)ncc1N(CC)C(=O)N(C)C. The van der Waals surface area contributed by atoms with Gasteiger partial charge in [0.15, 0.2) is 5.82 Å². The van der Waals surface area contributed by atoms with Crippen LogP contribution in [-0.4, -0.2) is 60.8 Å². The van der Waals surface area contributed by atoms with Gasteiger partial charge in [-0.05, 0) is 33.6 Å². The Bertz CT molecular complexity index is 554. The van der Waals surface area contributed by atoms with Crippen LogP contribution in [0.25, 0.3) is 0 Å². The highest BCUT2D eigenvalue weighted by Crippen LogP contribution is 2.28. The van der Waals surface area contributed by atoms with Gasteiger partial charge in [0.05, 0.1) is 6.20 Å². The Kier molecular flexibility index (Phi) is 8.15. The smallest absolute Gasteiger partial charge is 0.324 e. The molecule has 1 aromatic heterocycles. The molecule has 0 N–H and O–H groups in total. The van der Waals surface area contributed by atoms with Crippen LogP contribution in [0.15, 0.2) is 11.2 Å². The molecule has 1 rings (SSSR count). The third kappa shape index (κ3) is 4.91. The summed E-state index contributed by atoms with van der Waals surface area (Å²) in [6.45, 7) is 12.0. The van der Waals surface area contributed by atoms with Gasteiger partial charge in [-0.25, -0.2) is 14.8 Å². The van der Waals surface area contributed by atoms with Gasteiger partial charge >= 0.3 is 6.03 Å². The molecule has 0 fully saturated rings. The minimum absolute atomic E-state index is 0.120. The lowest BCUT2D eigenvalue weighted by Crippen LogP contribution is -2.39. The van der Waals surface area contributed by atoms with Gasteiger partial charge in [-0.1, -0.05) is 6.92 Å². The van der Waals surface area contributed by atoms with Crippen LogP contribution in [-0.2, 0) is 0 Å². The van der Waals surface area contributed by atoms with Gasteiger partial charge in [0, 0.05) is 39.9 Å². The van der Waals surface area contributed by atoms with Crippen LogP contribution < -0.4 is 9.80 Å². The third-order valence-corrected chi connectivity index (χ3v) is 3.55. The predicted octanol–water partition coefficient (Wildman–Crippen LogP) is 3.15. The monoisotopic (exact) mass is 333 g/mol. The number of rotatable bonds is 8. The van der Waals surface area contributed by atoms with Crippen molar-refractivity contribution in [3.05, 3.63) is 13.1 Å². The highest BCUT2D eigenvalue weighted by molar-refractivity contribution is 5.94. The van der Waals surface area contributed by atoms with Crippen LogP contribution in [0, 0.1) is 6.92 Å². The van der Waals surface area contributed by atoms with E-state index < -0.39 is 0 Å². The molecule has 7 nitrogen and oxygen atoms in total. The van der Waals surface area contributed by atoms with E-state index in [4.69, 9.17) is 0 Å². The zero-order valence-corrected chi connectivity index (χ0v) is 15.5. The number of unbranched alkanes of at least 4 members (excludes halogenated alkanes) is 1. The van der Waals surface area contributed by atoms with Gasteiger partial charge < -0.3 is 9.80 Å². The van der Waals surface area contributed by atoms with E-state index in [1.165, 1.54) is 4.90 Å². The minimum atomic E-state index is -0.120. The summed E-state index contributed by atoms with van der Waals surface area (Å²) in [5.41, 5.74) is 0.618. The van der Waals surface area contributed by atoms with Crippen molar-refractivity contribution in [2.75, 3.05) is 43.5 Å². The lowest BCUT2D eigenvalue weighted by Gasteiger charge is -2.26. The number of amides is 2. The number of hydrogen-bond donors (Lipinski definition) is 0. The molecule has 0 aliphatic rings. The molecule has 0 atom stereocenters. The van der Waals surface area contributed by atoms with Crippen LogP contribution in [0.2, 0.25) is 0 Å². The van der Waals surface area contributed by atoms with Crippen molar-refractivity contribution < 1.29 is 4.79 Å². The fourth-order valence-electron chi connectivity index (χ4n) is 2.19. The molecule has 1 aromatic rings. The van der Waals surface area contributed by atoms with E-state index in [9.17, 15) is 4.79 Å². The van der Waals surface area contributed by atoms with Crippen LogP contribution in [0.1, 0.15) is 33.6 Å². The molecular weight excluding hydrogens is 304 g/mol. The van der Waals surface area contributed by atoms with Crippen molar-refractivity contribution in [1.29, 1.82) is 0 Å². The van der Waals surface area contributed by atoms with Crippen molar-refractivity contribution in [3.63, 3.8) is 0 Å². The highest BCUT2D eigenvalue weighted by Gasteiger charge is 2.21. The lowest BCUT2D eigenvalue weighted by atomic mass is 10.3. The number of hydrogen-bond acceptors (Lipinski definition) is 5. The fraction of sp³-hybridized carbons (Fsp3) is 0.588. The Hall–Kier alpha value is -2.18. The average Bonchev–Trinajstić information content (AvgIpc) is 2.58. The summed E-state index contributed by atoms with van der Waals surface area (Å²) in [5, 5.41) is 0. The number of carbonyl (C=O) groups is 1. The van der Waals surface area contributed by atoms with Crippen LogP contribution in [0.3, 0.4) is 0 Å². The molecule has 24 heavy (non-hydrogen) atoms. The topological polar surface area (TPSA) is 64.9 Å². The average molecular weight is 333 g/mol. The highest BCUT2D eigenvalue weighted by atomic mass is 16.2. The molecule has 1 heterocycles. The molecule has 0 aliphatic heterocycles. The molecule has 0 unspecified atom stereocenters. The Labute approximate surface area is 145 Å². The fourth-order valence-corrected chi connectivity index (χ4v) is 2.19. The maximum Gasteiger partial charge on any atom is 0.324 e. The summed E-state index contributed by atoms with van der Waals surface area (Å²) in [4.78, 5) is 31.1. The van der Waals surface area contributed by atoms with Crippen molar-refractivity contribution in [1.82, 2.24) is 14.9 Å². The summed E-state index contributed by atoms with van der Waals surface area (Å²) >= 11 is 0. The second-order valence-electron chi connectivity index (χ2n) is 5.43. The maximum absolute atomic E-state index is 12.4. The Balaban J connectivity index is 3.33. The Morgan fingerprint density at radius 1 is 1.25 bits per heavy atom. The first-order valence-corrected chi connectivity index (χ1v) is 8.42. The first-order chi connectivity index (χ1) is 11.5. The molecule has 7 heteroatoms. The summed E-state index contributed by atoms with van der Waals surface area (Å²) in [5.74, 6) is 1.14. The van der Waals surface area contributed by atoms with Crippen LogP contribution >= 0.6 is 0 Å². The number of aromatic nitrogens is 2. The van der Waals surface area contributed by atoms with Crippen LogP contribution in [0.4, 0.5) is 22.2 Å². The molecule has 0 aliphatic carbocycles. The van der Waals surface area contributed by atoms with Gasteiger partial charge in [0.1, 0.15) is 5.69 Å². The van der Waals surface area contributed by atoms with Crippen molar-refractivity contribution in [2.45, 2.75) is 33.6 Å². The third-order valence-electron chi connectivity index (χ3n) is 3.55. The summed E-state index contributed by atoms with van der Waals surface area (Å²) in [6, 6.07) is -0.120. The molecule has 0 saturated carbocycles. The molecule has 0 saturated heterocycles. The number of carbonyl (C=O) groups excluding carboxylic acids is 1. The molecule has 2 amide bonds. The quantitative estimate of drug-likeness (QED) is 0.686. The zero-order valence-electron chi connectivity index (χ0n) is 15.5. The summed E-state index contributed by atoms with van der Waals surface area (Å²) < 4.78 is 0. The van der Waals surface area contributed by atoms with E-state index >= 15 is 0 Å². The van der Waals surface area contributed by atoms with Gasteiger partial charge in [-0.15, -0.1) is 0 Å². The van der Waals surface area contributed by atoms with Crippen molar-refractivity contribution >= 4 is 29.7 Å². The lowest BCUT2D eigenvalue weighted by molar-refractivity contribution is 0.224. The number of urea groups is 1. The van der Waals surface area contributed by atoms with Gasteiger partial charge in [0.2, 0.25) is 5.95 Å². The minimum Gasteiger partial charge on any atom is -0.341 e. The van der Waals surface area contributed by atoms with E-state index in [-0.39, 0.29) is 6.03 Å². The van der Waals surface area contributed by atoms with E-state index in [0.717, 1.165) is 25.9 Å². The van der Waals surface area contributed by atoms with E-state index in [1.807, 2.05) is 11.8 Å². The van der Waals surface area contributed by atoms with Gasteiger partial charge in [-0.3, -0.25) is 4.90 Å². The first-order valence-electron chi connectivity index (χ1n) is 8.42. The maximum atomic E-state index is 12.4. The number of nitrogens with zero attached hydrogens (tertiary/aromatic N) is 6. The normalized spacial score (nSPS) is 10.9. The number of anilines is 2. The van der Waals surface area contributed by atoms with E-state index in [0.29, 0.717) is 24.0 Å². The summed E-state index contributed by atoms with van der Waals surface area (Å²) in [7, 11) is 3.45. The molecule has 0 bridgehead atoms. The number of aliphatic imine (C=N–C) groups is 1. The standard InChI is InChI=1S/C17H29N6O/c1-7-11-12-18-15-14(23(10-4)17(24)21(5)6)13-19-16(20-15)22(8-2)9-3/h12-13H,1,7-11H2,2-6H3. The van der Waals surface area contributed by atoms with Gasteiger partial charge in [-0.2, -0.15) is 4.98 Å². The van der Waals surface area contributed by atoms with Crippen LogP contribution in [0.5, 0.6) is 0 Å². The largest absolute Gasteiger partial charge is 0.341 e. The van der Waals surface area contributed by atoms with E-state index in [1.54, 1.807) is 31.4 Å². The molecule has 133 valence electrons. The summed E-state index contributed by atoms with van der Waals surface area (Å²) in [6.07, 6.45) is 5.00. The van der Waals surface area contributed by atoms with Crippen molar-refractivity contribution in [2.24, 2.45) is 4.99 Å². The Morgan fingerprint density at radius 3 is 2.42 bits per heavy atom. The second kappa shape index (κ2) is 9.85. The first kappa shape index (κ1) is 19.9. The second-order valence-corrected chi connectivity index (χ2v) is 5.43. The zero-order chi connectivity index (χ0) is 18.1. The molecule has 1 radical (unpaired) electrons. The van der Waals surface area contributed by atoms with Gasteiger partial charge in [0.25, 0.3) is 0 Å². The Morgan fingerprint density at radius 2 is 1.92 bits per heavy atom. The molecule has 0 spiro atoms. The van der Waals surface area contributed by atoms with E-state index in [2.05, 4.69) is 35.7 Å². The predicted molar refractivity (Wildman–Crippen MR) is 100 cm³/mol. The van der Waals surface area contributed by atoms with Crippen molar-refractivity contribution in [3.8, 4) is 0 Å². The molecular formula is C17H29N6O. The molecule has 0 aromatic carbocycles.